The van der Waals surface area contributed by atoms with Gasteiger partial charge in [0, 0.05) is 17.1 Å². The lowest BCUT2D eigenvalue weighted by Crippen LogP contribution is -2.40. The second kappa shape index (κ2) is 9.12. The number of methoxy groups -OCH3 is 1. The van der Waals surface area contributed by atoms with Crippen molar-refractivity contribution in [2.75, 3.05) is 25.1 Å². The topological polar surface area (TPSA) is 93.5 Å². The van der Waals surface area contributed by atoms with Crippen molar-refractivity contribution in [3.8, 4) is 5.75 Å². The molecule has 21 heavy (non-hydrogen) atoms. The van der Waals surface area contributed by atoms with Gasteiger partial charge in [0.15, 0.2) is 0 Å². The van der Waals surface area contributed by atoms with Gasteiger partial charge in [-0.25, -0.2) is 4.79 Å². The van der Waals surface area contributed by atoms with Gasteiger partial charge in [0.1, 0.15) is 5.75 Å². The second-order valence-electron chi connectivity index (χ2n) is 4.35. The van der Waals surface area contributed by atoms with Crippen molar-refractivity contribution < 1.29 is 14.3 Å². The number of rotatable bonds is 7. The summed E-state index contributed by atoms with van der Waals surface area (Å²) >= 11 is 1.26. The quantitative estimate of drug-likeness (QED) is 0.407. The van der Waals surface area contributed by atoms with E-state index in [1.807, 2.05) is 6.92 Å². The summed E-state index contributed by atoms with van der Waals surface area (Å²) in [4.78, 5) is 23.8. The molecule has 4 N–H and O–H groups in total. The van der Waals surface area contributed by atoms with Crippen LogP contribution in [0, 0.1) is 0 Å². The number of nitrogens with two attached hydrogens (primary N) is 1. The number of nitrogen functional groups attached to an aromatic ring is 1. The molecule has 0 saturated carbocycles. The molecular formula is C14H21N3O3S. The summed E-state index contributed by atoms with van der Waals surface area (Å²) in [5.41, 5.74) is 6.40. The number of carbonyl (C=O) groups excluding carboxylic acids is 2. The van der Waals surface area contributed by atoms with E-state index < -0.39 is 6.03 Å². The van der Waals surface area contributed by atoms with Crippen LogP contribution in [0.4, 0.5) is 10.5 Å². The van der Waals surface area contributed by atoms with Crippen molar-refractivity contribution in [3.63, 3.8) is 0 Å². The Balaban J connectivity index is 2.40. The first-order chi connectivity index (χ1) is 10.1. The fraction of sp³-hybridized carbons (Fsp3) is 0.429. The second-order valence-corrected chi connectivity index (χ2v) is 5.37. The minimum Gasteiger partial charge on any atom is -0.497 e. The molecule has 0 aliphatic heterocycles. The van der Waals surface area contributed by atoms with Crippen LogP contribution in [0.15, 0.2) is 23.1 Å². The summed E-state index contributed by atoms with van der Waals surface area (Å²) < 4.78 is 5.10. The normalized spacial score (nSPS) is 10.0. The summed E-state index contributed by atoms with van der Waals surface area (Å²) in [5, 5.41) is 4.89. The summed E-state index contributed by atoms with van der Waals surface area (Å²) in [6, 6.07) is 4.76. The van der Waals surface area contributed by atoms with Crippen molar-refractivity contribution in [3.05, 3.63) is 18.2 Å². The Labute approximate surface area is 128 Å². The SMILES string of the molecule is CCCCNC(=O)NC(=O)CSc1cc(OC)ccc1N. The zero-order valence-corrected chi connectivity index (χ0v) is 13.1. The number of hydrogen-bond acceptors (Lipinski definition) is 5. The number of carbonyl (C=O) groups is 2. The number of anilines is 1. The van der Waals surface area contributed by atoms with Crippen LogP contribution in [0.5, 0.6) is 5.75 Å². The van der Waals surface area contributed by atoms with Crippen molar-refractivity contribution >= 4 is 29.4 Å². The number of nitrogens with one attached hydrogen (secondary N) is 2. The predicted octanol–water partition coefficient (Wildman–Crippen LogP) is 2.00. The standard InChI is InChI=1S/C14H21N3O3S/c1-3-4-7-16-14(19)17-13(18)9-21-12-8-10(20-2)5-6-11(12)15/h5-6,8H,3-4,7,9,15H2,1-2H3,(H2,16,17,18,19). The van der Waals surface area contributed by atoms with Gasteiger partial charge < -0.3 is 15.8 Å². The molecule has 1 rings (SSSR count). The maximum Gasteiger partial charge on any atom is 0.321 e. The summed E-state index contributed by atoms with van der Waals surface area (Å²) in [5.74, 6) is 0.416. The zero-order valence-electron chi connectivity index (χ0n) is 12.3. The molecule has 0 aromatic heterocycles. The van der Waals surface area contributed by atoms with Crippen LogP contribution >= 0.6 is 11.8 Å². The molecule has 0 aliphatic rings. The molecule has 0 bridgehead atoms. The van der Waals surface area contributed by atoms with Crippen LogP contribution in [0.1, 0.15) is 19.8 Å². The van der Waals surface area contributed by atoms with E-state index in [0.29, 0.717) is 18.0 Å². The van der Waals surface area contributed by atoms with Gasteiger partial charge in [-0.2, -0.15) is 0 Å². The van der Waals surface area contributed by atoms with Crippen LogP contribution < -0.4 is 21.1 Å². The van der Waals surface area contributed by atoms with Gasteiger partial charge in [0.25, 0.3) is 0 Å². The lowest BCUT2D eigenvalue weighted by atomic mass is 10.3. The highest BCUT2D eigenvalue weighted by Crippen LogP contribution is 2.28. The Kier molecular flexibility index (Phi) is 7.45. The minimum absolute atomic E-state index is 0.110. The number of benzene rings is 1. The van der Waals surface area contributed by atoms with Gasteiger partial charge in [-0.1, -0.05) is 13.3 Å². The zero-order chi connectivity index (χ0) is 15.7. The predicted molar refractivity (Wildman–Crippen MR) is 84.6 cm³/mol. The van der Waals surface area contributed by atoms with Crippen LogP contribution in [-0.4, -0.2) is 31.3 Å². The molecule has 1 aromatic rings. The highest BCUT2D eigenvalue weighted by Gasteiger charge is 2.09. The Morgan fingerprint density at radius 2 is 2.14 bits per heavy atom. The summed E-state index contributed by atoms with van der Waals surface area (Å²) in [6.07, 6.45) is 1.87. The molecule has 6 nitrogen and oxygen atoms in total. The largest absolute Gasteiger partial charge is 0.497 e. The molecule has 0 saturated heterocycles. The first-order valence-electron chi connectivity index (χ1n) is 6.70. The maximum atomic E-state index is 11.7. The van der Waals surface area contributed by atoms with Crippen molar-refractivity contribution in [1.82, 2.24) is 10.6 Å². The van der Waals surface area contributed by atoms with Gasteiger partial charge in [-0.15, -0.1) is 11.8 Å². The molecule has 1 aromatic carbocycles. The molecule has 3 amide bonds. The Morgan fingerprint density at radius 3 is 2.81 bits per heavy atom. The molecule has 0 spiro atoms. The number of ether oxygens (including phenoxy) is 1. The highest BCUT2D eigenvalue weighted by atomic mass is 32.2. The fourth-order valence-electron chi connectivity index (χ4n) is 1.50. The van der Waals surface area contributed by atoms with Crippen molar-refractivity contribution in [2.24, 2.45) is 0 Å². The van der Waals surface area contributed by atoms with Gasteiger partial charge >= 0.3 is 6.03 Å². The number of thioether (sulfide) groups is 1. The summed E-state index contributed by atoms with van der Waals surface area (Å²) in [7, 11) is 1.56. The van der Waals surface area contributed by atoms with Gasteiger partial charge in [-0.3, -0.25) is 10.1 Å². The number of amides is 3. The third-order valence-corrected chi connectivity index (χ3v) is 3.72. The molecule has 0 unspecified atom stereocenters. The molecule has 116 valence electrons. The molecule has 0 heterocycles. The van der Waals surface area contributed by atoms with Gasteiger partial charge in [-0.05, 0) is 24.6 Å². The van der Waals surface area contributed by atoms with Crippen LogP contribution in [0.25, 0.3) is 0 Å². The first-order valence-corrected chi connectivity index (χ1v) is 7.69. The van der Waals surface area contributed by atoms with E-state index in [-0.39, 0.29) is 11.7 Å². The maximum absolute atomic E-state index is 11.7. The fourth-order valence-corrected chi connectivity index (χ4v) is 2.29. The van der Waals surface area contributed by atoms with Crippen LogP contribution in [0.2, 0.25) is 0 Å². The van der Waals surface area contributed by atoms with E-state index in [0.717, 1.165) is 17.7 Å². The molecule has 0 atom stereocenters. The average Bonchev–Trinajstić information content (AvgIpc) is 2.46. The Hall–Kier alpha value is -1.89. The number of unbranched alkanes of at least 4 members (excludes halogenated alkanes) is 1. The van der Waals surface area contributed by atoms with Crippen molar-refractivity contribution in [2.45, 2.75) is 24.7 Å². The van der Waals surface area contributed by atoms with Crippen LogP contribution in [0.3, 0.4) is 0 Å². The summed E-state index contributed by atoms with van der Waals surface area (Å²) in [6.45, 7) is 2.59. The smallest absolute Gasteiger partial charge is 0.321 e. The number of hydrogen-bond donors (Lipinski definition) is 3. The van der Waals surface area contributed by atoms with E-state index in [4.69, 9.17) is 10.5 Å². The first kappa shape index (κ1) is 17.2. The lowest BCUT2D eigenvalue weighted by Gasteiger charge is -2.08. The monoisotopic (exact) mass is 311 g/mol. The Bertz CT molecular complexity index is 494. The molecular weight excluding hydrogens is 290 g/mol. The van der Waals surface area contributed by atoms with E-state index >= 15 is 0 Å². The van der Waals surface area contributed by atoms with E-state index in [9.17, 15) is 9.59 Å². The van der Waals surface area contributed by atoms with E-state index in [2.05, 4.69) is 10.6 Å². The third kappa shape index (κ3) is 6.40. The minimum atomic E-state index is -0.465. The highest BCUT2D eigenvalue weighted by molar-refractivity contribution is 8.00. The van der Waals surface area contributed by atoms with E-state index in [1.165, 1.54) is 11.8 Å². The van der Waals surface area contributed by atoms with Crippen molar-refractivity contribution in [1.29, 1.82) is 0 Å². The lowest BCUT2D eigenvalue weighted by molar-refractivity contribution is -0.117. The van der Waals surface area contributed by atoms with Crippen LogP contribution in [-0.2, 0) is 4.79 Å². The number of urea groups is 1. The number of imide groups is 1. The molecule has 0 aliphatic carbocycles. The molecule has 0 fully saturated rings. The van der Waals surface area contributed by atoms with E-state index in [1.54, 1.807) is 25.3 Å². The van der Waals surface area contributed by atoms with Gasteiger partial charge in [0.2, 0.25) is 5.91 Å². The Morgan fingerprint density at radius 1 is 1.38 bits per heavy atom. The molecule has 7 heteroatoms. The third-order valence-electron chi connectivity index (χ3n) is 2.65. The van der Waals surface area contributed by atoms with Gasteiger partial charge in [0.05, 0.1) is 12.9 Å². The average molecular weight is 311 g/mol. The molecule has 0 radical (unpaired) electrons.